The summed E-state index contributed by atoms with van der Waals surface area (Å²) in [4.78, 5) is 0. The lowest BCUT2D eigenvalue weighted by molar-refractivity contribution is 0.242. The summed E-state index contributed by atoms with van der Waals surface area (Å²) in [5, 5.41) is 3.44. The molecule has 0 heterocycles. The molecule has 0 saturated heterocycles. The highest BCUT2D eigenvalue weighted by molar-refractivity contribution is 5.27. The Kier molecular flexibility index (Phi) is 6.76. The zero-order valence-corrected chi connectivity index (χ0v) is 11.8. The number of benzene rings is 1. The number of ether oxygens (including phenoxy) is 1. The van der Waals surface area contributed by atoms with E-state index >= 15 is 0 Å². The van der Waals surface area contributed by atoms with Gasteiger partial charge in [-0.05, 0) is 50.6 Å². The number of hydrogen-bond donors (Lipinski definition) is 2. The van der Waals surface area contributed by atoms with Crippen molar-refractivity contribution in [2.24, 2.45) is 11.7 Å². The van der Waals surface area contributed by atoms with E-state index in [2.05, 4.69) is 24.4 Å². The fourth-order valence-electron chi connectivity index (χ4n) is 1.77. The summed E-state index contributed by atoms with van der Waals surface area (Å²) in [5.74, 6) is 1.51. The summed E-state index contributed by atoms with van der Waals surface area (Å²) < 4.78 is 5.61. The van der Waals surface area contributed by atoms with Gasteiger partial charge in [0, 0.05) is 6.54 Å². The highest BCUT2D eigenvalue weighted by Gasteiger charge is 2.03. The largest absolute Gasteiger partial charge is 0.491 e. The number of nitrogens with two attached hydrogens (primary N) is 1. The first kappa shape index (κ1) is 15.0. The Morgan fingerprint density at radius 2 is 1.89 bits per heavy atom. The van der Waals surface area contributed by atoms with Crippen molar-refractivity contribution in [3.05, 3.63) is 29.8 Å². The van der Waals surface area contributed by atoms with Gasteiger partial charge in [0.05, 0.1) is 6.10 Å². The molecule has 0 fully saturated rings. The van der Waals surface area contributed by atoms with Gasteiger partial charge in [-0.2, -0.15) is 0 Å². The van der Waals surface area contributed by atoms with Crippen LogP contribution >= 0.6 is 0 Å². The fourth-order valence-corrected chi connectivity index (χ4v) is 1.77. The third kappa shape index (κ3) is 5.52. The minimum atomic E-state index is 0.226. The van der Waals surface area contributed by atoms with Crippen LogP contribution in [0.3, 0.4) is 0 Å². The first-order valence-electron chi connectivity index (χ1n) is 6.82. The molecule has 18 heavy (non-hydrogen) atoms. The SMILES string of the molecule is CCC(CN)CNCc1ccc(OC(C)C)cc1. The molecule has 0 amide bonds. The van der Waals surface area contributed by atoms with E-state index in [9.17, 15) is 0 Å². The van der Waals surface area contributed by atoms with Crippen molar-refractivity contribution in [1.29, 1.82) is 0 Å². The Morgan fingerprint density at radius 1 is 1.22 bits per heavy atom. The molecule has 0 bridgehead atoms. The Bertz CT molecular complexity index is 318. The van der Waals surface area contributed by atoms with E-state index in [0.717, 1.165) is 31.8 Å². The van der Waals surface area contributed by atoms with Crippen LogP contribution in [-0.2, 0) is 6.54 Å². The predicted molar refractivity (Wildman–Crippen MR) is 76.7 cm³/mol. The average Bonchev–Trinajstić information content (AvgIpc) is 2.36. The maximum absolute atomic E-state index is 5.67. The van der Waals surface area contributed by atoms with Crippen LogP contribution < -0.4 is 15.8 Å². The average molecular weight is 250 g/mol. The van der Waals surface area contributed by atoms with Crippen LogP contribution in [0.5, 0.6) is 5.75 Å². The van der Waals surface area contributed by atoms with Gasteiger partial charge in [0.2, 0.25) is 0 Å². The van der Waals surface area contributed by atoms with Crippen molar-refractivity contribution in [3.63, 3.8) is 0 Å². The lowest BCUT2D eigenvalue weighted by Crippen LogP contribution is -2.27. The van der Waals surface area contributed by atoms with E-state index in [1.165, 1.54) is 5.56 Å². The summed E-state index contributed by atoms with van der Waals surface area (Å²) in [7, 11) is 0. The zero-order chi connectivity index (χ0) is 13.4. The van der Waals surface area contributed by atoms with Gasteiger partial charge in [-0.3, -0.25) is 0 Å². The fraction of sp³-hybridized carbons (Fsp3) is 0.600. The van der Waals surface area contributed by atoms with Crippen molar-refractivity contribution >= 4 is 0 Å². The molecule has 0 aliphatic heterocycles. The third-order valence-corrected chi connectivity index (χ3v) is 2.97. The van der Waals surface area contributed by atoms with Crippen molar-refractivity contribution in [2.75, 3.05) is 13.1 Å². The zero-order valence-electron chi connectivity index (χ0n) is 11.8. The second-order valence-corrected chi connectivity index (χ2v) is 4.95. The molecule has 0 aromatic heterocycles. The van der Waals surface area contributed by atoms with Crippen LogP contribution in [0, 0.1) is 5.92 Å². The van der Waals surface area contributed by atoms with E-state index in [1.54, 1.807) is 0 Å². The van der Waals surface area contributed by atoms with Crippen molar-refractivity contribution in [2.45, 2.75) is 39.8 Å². The molecule has 1 unspecified atom stereocenters. The van der Waals surface area contributed by atoms with Crippen molar-refractivity contribution in [3.8, 4) is 5.75 Å². The minimum absolute atomic E-state index is 0.226. The molecule has 0 radical (unpaired) electrons. The van der Waals surface area contributed by atoms with E-state index in [1.807, 2.05) is 26.0 Å². The van der Waals surface area contributed by atoms with Crippen molar-refractivity contribution < 1.29 is 4.74 Å². The molecule has 1 aromatic rings. The minimum Gasteiger partial charge on any atom is -0.491 e. The predicted octanol–water partition coefficient (Wildman–Crippen LogP) is 2.55. The van der Waals surface area contributed by atoms with Gasteiger partial charge >= 0.3 is 0 Å². The maximum Gasteiger partial charge on any atom is 0.119 e. The van der Waals surface area contributed by atoms with Gasteiger partial charge in [-0.15, -0.1) is 0 Å². The van der Waals surface area contributed by atoms with E-state index in [-0.39, 0.29) is 6.10 Å². The van der Waals surface area contributed by atoms with Crippen LogP contribution in [0.1, 0.15) is 32.8 Å². The summed E-state index contributed by atoms with van der Waals surface area (Å²) in [6, 6.07) is 8.26. The second-order valence-electron chi connectivity index (χ2n) is 4.95. The Balaban J connectivity index is 2.35. The Labute approximate surface area is 111 Å². The van der Waals surface area contributed by atoms with Gasteiger partial charge in [-0.25, -0.2) is 0 Å². The number of hydrogen-bond acceptors (Lipinski definition) is 3. The molecule has 1 rings (SSSR count). The van der Waals surface area contributed by atoms with Crippen molar-refractivity contribution in [1.82, 2.24) is 5.32 Å². The molecule has 0 saturated carbocycles. The topological polar surface area (TPSA) is 47.3 Å². The number of rotatable bonds is 8. The van der Waals surface area contributed by atoms with Crippen LogP contribution in [0.2, 0.25) is 0 Å². The molecule has 0 aliphatic carbocycles. The highest BCUT2D eigenvalue weighted by Crippen LogP contribution is 2.13. The molecule has 1 atom stereocenters. The maximum atomic E-state index is 5.67. The van der Waals surface area contributed by atoms with Gasteiger partial charge in [0.15, 0.2) is 0 Å². The van der Waals surface area contributed by atoms with Gasteiger partial charge in [-0.1, -0.05) is 25.5 Å². The first-order valence-corrected chi connectivity index (χ1v) is 6.82. The number of nitrogens with one attached hydrogen (secondary N) is 1. The standard InChI is InChI=1S/C15H26N2O/c1-4-13(9-16)10-17-11-14-5-7-15(8-6-14)18-12(2)3/h5-8,12-13,17H,4,9-11,16H2,1-3H3. The lowest BCUT2D eigenvalue weighted by Gasteiger charge is -2.13. The molecule has 0 spiro atoms. The summed E-state index contributed by atoms with van der Waals surface area (Å²) in [6.45, 7) is 8.87. The summed E-state index contributed by atoms with van der Waals surface area (Å²) in [5.41, 5.74) is 6.95. The molecule has 1 aromatic carbocycles. The molecular weight excluding hydrogens is 224 g/mol. The molecule has 3 N–H and O–H groups in total. The lowest BCUT2D eigenvalue weighted by atomic mass is 10.1. The summed E-state index contributed by atoms with van der Waals surface area (Å²) >= 11 is 0. The van der Waals surface area contributed by atoms with Gasteiger partial charge < -0.3 is 15.8 Å². The molecule has 0 aliphatic rings. The normalized spacial score (nSPS) is 12.7. The van der Waals surface area contributed by atoms with Crippen LogP contribution in [-0.4, -0.2) is 19.2 Å². The first-order chi connectivity index (χ1) is 8.65. The Morgan fingerprint density at radius 3 is 2.39 bits per heavy atom. The smallest absolute Gasteiger partial charge is 0.119 e. The van der Waals surface area contributed by atoms with Crippen LogP contribution in [0.4, 0.5) is 0 Å². The third-order valence-electron chi connectivity index (χ3n) is 2.97. The van der Waals surface area contributed by atoms with Crippen LogP contribution in [0.15, 0.2) is 24.3 Å². The summed E-state index contributed by atoms with van der Waals surface area (Å²) in [6.07, 6.45) is 1.36. The molecule has 102 valence electrons. The van der Waals surface area contributed by atoms with Crippen LogP contribution in [0.25, 0.3) is 0 Å². The van der Waals surface area contributed by atoms with E-state index < -0.39 is 0 Å². The van der Waals surface area contributed by atoms with E-state index in [4.69, 9.17) is 10.5 Å². The second kappa shape index (κ2) is 8.11. The molecule has 3 heteroatoms. The van der Waals surface area contributed by atoms with E-state index in [0.29, 0.717) is 5.92 Å². The molecule has 3 nitrogen and oxygen atoms in total. The quantitative estimate of drug-likeness (QED) is 0.745. The monoisotopic (exact) mass is 250 g/mol. The van der Waals surface area contributed by atoms with Gasteiger partial charge in [0.1, 0.15) is 5.75 Å². The highest BCUT2D eigenvalue weighted by atomic mass is 16.5. The Hall–Kier alpha value is -1.06. The van der Waals surface area contributed by atoms with Gasteiger partial charge in [0.25, 0.3) is 0 Å². The molecular formula is C15H26N2O.